The number of nitrogens with zero attached hydrogens (tertiary/aromatic N) is 3. The van der Waals surface area contributed by atoms with E-state index in [1.54, 1.807) is 11.3 Å². The van der Waals surface area contributed by atoms with Crippen molar-refractivity contribution in [2.75, 3.05) is 31.2 Å². The van der Waals surface area contributed by atoms with Gasteiger partial charge in [0.25, 0.3) is 0 Å². The summed E-state index contributed by atoms with van der Waals surface area (Å²) in [4.78, 5) is 12.1. The molecule has 4 nitrogen and oxygen atoms in total. The van der Waals surface area contributed by atoms with Crippen LogP contribution in [0.1, 0.15) is 0 Å². The van der Waals surface area contributed by atoms with Crippen LogP contribution >= 0.6 is 38.9 Å². The van der Waals surface area contributed by atoms with Gasteiger partial charge in [-0.1, -0.05) is 28.1 Å². The summed E-state index contributed by atoms with van der Waals surface area (Å²) in [5.74, 6) is 0.905. The Morgan fingerprint density at radius 3 is 2.61 bits per heavy atom. The topological polar surface area (TPSA) is 38.2 Å². The first-order chi connectivity index (χ1) is 11.2. The van der Waals surface area contributed by atoms with Gasteiger partial charge in [0.15, 0.2) is 0 Å². The first-order valence-corrected chi connectivity index (χ1v) is 9.31. The molecule has 1 fully saturated rings. The van der Waals surface area contributed by atoms with Crippen molar-refractivity contribution in [2.45, 2.75) is 0 Å². The van der Waals surface area contributed by atoms with Gasteiger partial charge in [-0.15, -0.1) is 11.3 Å². The quantitative estimate of drug-likeness (QED) is 0.578. The molecular weight excluding hydrogens is 398 g/mol. The van der Waals surface area contributed by atoms with Gasteiger partial charge in [-0.2, -0.15) is 4.98 Å². The minimum atomic E-state index is 0.295. The Labute approximate surface area is 151 Å². The van der Waals surface area contributed by atoms with Crippen LogP contribution in [0.5, 0.6) is 0 Å². The van der Waals surface area contributed by atoms with Gasteiger partial charge in [0.2, 0.25) is 5.28 Å². The van der Waals surface area contributed by atoms with Crippen molar-refractivity contribution < 1.29 is 4.74 Å². The van der Waals surface area contributed by atoms with Gasteiger partial charge < -0.3 is 9.64 Å². The number of morpholine rings is 1. The normalized spacial score (nSPS) is 15.3. The Morgan fingerprint density at radius 1 is 1.13 bits per heavy atom. The van der Waals surface area contributed by atoms with E-state index in [4.69, 9.17) is 16.3 Å². The number of ether oxygens (including phenoxy) is 1. The maximum absolute atomic E-state index is 6.14. The highest BCUT2D eigenvalue weighted by Crippen LogP contribution is 2.39. The zero-order valence-electron chi connectivity index (χ0n) is 12.1. The molecule has 23 heavy (non-hydrogen) atoms. The van der Waals surface area contributed by atoms with Crippen molar-refractivity contribution in [3.05, 3.63) is 39.4 Å². The van der Waals surface area contributed by atoms with E-state index in [2.05, 4.69) is 48.3 Å². The molecule has 4 rings (SSSR count). The van der Waals surface area contributed by atoms with Gasteiger partial charge in [-0.25, -0.2) is 4.98 Å². The first kappa shape index (κ1) is 15.3. The molecule has 1 aromatic carbocycles. The third-order valence-corrected chi connectivity index (χ3v) is 5.42. The number of rotatable bonds is 2. The smallest absolute Gasteiger partial charge is 0.225 e. The van der Waals surface area contributed by atoms with Crippen LogP contribution in [0.3, 0.4) is 0 Å². The number of hydrogen-bond donors (Lipinski definition) is 0. The Morgan fingerprint density at radius 2 is 1.87 bits per heavy atom. The van der Waals surface area contributed by atoms with Crippen LogP contribution in [0.2, 0.25) is 5.28 Å². The SMILES string of the molecule is Clc1nc(N2CCOCC2)c2c(-c3ccc(Br)cc3)csc2n1. The monoisotopic (exact) mass is 409 g/mol. The second-order valence-corrected chi connectivity index (χ2v) is 7.36. The minimum absolute atomic E-state index is 0.295. The molecule has 0 atom stereocenters. The lowest BCUT2D eigenvalue weighted by atomic mass is 10.1. The third-order valence-electron chi connectivity index (χ3n) is 3.85. The number of benzene rings is 1. The van der Waals surface area contributed by atoms with Crippen LogP contribution in [0.4, 0.5) is 5.82 Å². The van der Waals surface area contributed by atoms with Crippen molar-refractivity contribution in [1.29, 1.82) is 0 Å². The van der Waals surface area contributed by atoms with E-state index in [0.29, 0.717) is 18.5 Å². The van der Waals surface area contributed by atoms with Crippen LogP contribution in [-0.4, -0.2) is 36.3 Å². The molecule has 0 radical (unpaired) electrons. The number of fused-ring (bicyclic) bond motifs is 1. The molecule has 0 spiro atoms. The Bertz CT molecular complexity index is 846. The molecular formula is C16H13BrClN3OS. The number of aromatic nitrogens is 2. The molecule has 0 saturated carbocycles. The van der Waals surface area contributed by atoms with E-state index >= 15 is 0 Å². The van der Waals surface area contributed by atoms with E-state index in [-0.39, 0.29) is 0 Å². The zero-order chi connectivity index (χ0) is 15.8. The summed E-state index contributed by atoms with van der Waals surface area (Å²) in [6, 6.07) is 8.29. The van der Waals surface area contributed by atoms with Crippen molar-refractivity contribution >= 4 is 54.9 Å². The minimum Gasteiger partial charge on any atom is -0.378 e. The lowest BCUT2D eigenvalue weighted by Crippen LogP contribution is -2.37. The van der Waals surface area contributed by atoms with Gasteiger partial charge in [0.1, 0.15) is 10.6 Å². The maximum Gasteiger partial charge on any atom is 0.225 e. The summed E-state index contributed by atoms with van der Waals surface area (Å²) in [7, 11) is 0. The molecule has 3 aromatic rings. The lowest BCUT2D eigenvalue weighted by Gasteiger charge is -2.28. The summed E-state index contributed by atoms with van der Waals surface area (Å²) in [6.07, 6.45) is 0. The first-order valence-electron chi connectivity index (χ1n) is 7.26. The molecule has 0 N–H and O–H groups in total. The molecule has 0 aliphatic carbocycles. The Kier molecular flexibility index (Phi) is 4.24. The maximum atomic E-state index is 6.14. The zero-order valence-corrected chi connectivity index (χ0v) is 15.3. The van der Waals surface area contributed by atoms with Crippen LogP contribution in [-0.2, 0) is 4.74 Å². The number of hydrogen-bond acceptors (Lipinski definition) is 5. The highest BCUT2D eigenvalue weighted by atomic mass is 79.9. The standard InChI is InChI=1S/C16H13BrClN3OS/c17-11-3-1-10(2-4-11)12-9-23-15-13(12)14(19-16(18)20-15)21-5-7-22-8-6-21/h1-4,9H,5-8H2. The molecule has 3 heterocycles. The predicted octanol–water partition coefficient (Wildman–Crippen LogP) is 4.61. The van der Waals surface area contributed by atoms with Crippen LogP contribution < -0.4 is 4.90 Å². The molecule has 0 amide bonds. The third kappa shape index (κ3) is 2.96. The summed E-state index contributed by atoms with van der Waals surface area (Å²) in [5, 5.41) is 3.50. The Balaban J connectivity index is 1.90. The molecule has 0 unspecified atom stereocenters. The molecule has 118 valence electrons. The number of halogens is 2. The van der Waals surface area contributed by atoms with E-state index in [0.717, 1.165) is 44.7 Å². The molecule has 1 saturated heterocycles. The van der Waals surface area contributed by atoms with Crippen molar-refractivity contribution in [2.24, 2.45) is 0 Å². The van der Waals surface area contributed by atoms with Crippen LogP contribution in [0, 0.1) is 0 Å². The van der Waals surface area contributed by atoms with Crippen molar-refractivity contribution in [3.63, 3.8) is 0 Å². The molecule has 0 bridgehead atoms. The lowest BCUT2D eigenvalue weighted by molar-refractivity contribution is 0.122. The highest BCUT2D eigenvalue weighted by Gasteiger charge is 2.21. The van der Waals surface area contributed by atoms with Crippen LogP contribution in [0.15, 0.2) is 34.1 Å². The number of thiophene rings is 1. The Hall–Kier alpha value is -1.21. The fraction of sp³-hybridized carbons (Fsp3) is 0.250. The van der Waals surface area contributed by atoms with Gasteiger partial charge in [0.05, 0.1) is 18.6 Å². The van der Waals surface area contributed by atoms with Crippen molar-refractivity contribution in [3.8, 4) is 11.1 Å². The van der Waals surface area contributed by atoms with Gasteiger partial charge >= 0.3 is 0 Å². The van der Waals surface area contributed by atoms with E-state index < -0.39 is 0 Å². The summed E-state index contributed by atoms with van der Waals surface area (Å²) in [5.41, 5.74) is 2.30. The summed E-state index contributed by atoms with van der Waals surface area (Å²) in [6.45, 7) is 3.05. The highest BCUT2D eigenvalue weighted by molar-refractivity contribution is 9.10. The molecule has 2 aromatic heterocycles. The molecule has 1 aliphatic heterocycles. The average Bonchev–Trinajstić information content (AvgIpc) is 2.99. The second-order valence-electron chi connectivity index (χ2n) is 5.25. The second kappa shape index (κ2) is 6.36. The predicted molar refractivity (Wildman–Crippen MR) is 98.6 cm³/mol. The fourth-order valence-corrected chi connectivity index (χ4v) is 4.16. The van der Waals surface area contributed by atoms with Crippen LogP contribution in [0.25, 0.3) is 21.3 Å². The fourth-order valence-electron chi connectivity index (χ4n) is 2.74. The van der Waals surface area contributed by atoms with Gasteiger partial charge in [-0.3, -0.25) is 0 Å². The van der Waals surface area contributed by atoms with Crippen molar-refractivity contribution in [1.82, 2.24) is 9.97 Å². The van der Waals surface area contributed by atoms with E-state index in [1.807, 2.05) is 12.1 Å². The molecule has 7 heteroatoms. The summed E-state index contributed by atoms with van der Waals surface area (Å²) >= 11 is 11.2. The van der Waals surface area contributed by atoms with E-state index in [1.165, 1.54) is 0 Å². The van der Waals surface area contributed by atoms with E-state index in [9.17, 15) is 0 Å². The number of anilines is 1. The molecule has 1 aliphatic rings. The van der Waals surface area contributed by atoms with Gasteiger partial charge in [0, 0.05) is 28.5 Å². The van der Waals surface area contributed by atoms with Gasteiger partial charge in [-0.05, 0) is 29.3 Å². The average molecular weight is 411 g/mol. The summed E-state index contributed by atoms with van der Waals surface area (Å²) < 4.78 is 6.52. The largest absolute Gasteiger partial charge is 0.378 e.